The highest BCUT2D eigenvalue weighted by molar-refractivity contribution is 5.77. The van der Waals surface area contributed by atoms with Crippen molar-refractivity contribution in [3.63, 3.8) is 0 Å². The number of rotatable bonds is 3. The van der Waals surface area contributed by atoms with E-state index >= 15 is 0 Å². The highest BCUT2D eigenvalue weighted by Crippen LogP contribution is 2.46. The van der Waals surface area contributed by atoms with Gasteiger partial charge in [-0.3, -0.25) is 9.59 Å². The van der Waals surface area contributed by atoms with Crippen molar-refractivity contribution < 1.29 is 19.8 Å². The molecule has 0 aromatic heterocycles. The Morgan fingerprint density at radius 2 is 1.32 bits per heavy atom. The lowest BCUT2D eigenvalue weighted by Crippen LogP contribution is -2.64. The summed E-state index contributed by atoms with van der Waals surface area (Å²) in [5.74, 6) is -3.27. The fourth-order valence-electron chi connectivity index (χ4n) is 4.12. The Hall–Kier alpha value is -1.10. The second-order valence-electron chi connectivity index (χ2n) is 6.05. The number of aliphatic carboxylic acids is 2. The molecule has 4 N–H and O–H groups in total. The molecule has 0 bridgehead atoms. The van der Waals surface area contributed by atoms with Crippen LogP contribution in [0.3, 0.4) is 0 Å². The van der Waals surface area contributed by atoms with Gasteiger partial charge in [-0.1, -0.05) is 25.7 Å². The van der Waals surface area contributed by atoms with E-state index in [1.54, 1.807) is 0 Å². The quantitative estimate of drug-likeness (QED) is 0.726. The first-order valence-corrected chi connectivity index (χ1v) is 7.22. The molecule has 2 unspecified atom stereocenters. The average Bonchev–Trinajstić information content (AvgIpc) is 2.39. The molecule has 2 fully saturated rings. The van der Waals surface area contributed by atoms with Gasteiger partial charge < -0.3 is 15.9 Å². The molecule has 19 heavy (non-hydrogen) atoms. The van der Waals surface area contributed by atoms with E-state index < -0.39 is 29.3 Å². The summed E-state index contributed by atoms with van der Waals surface area (Å²) in [6.45, 7) is 0. The fourth-order valence-corrected chi connectivity index (χ4v) is 4.12. The monoisotopic (exact) mass is 269 g/mol. The fraction of sp³-hybridized carbons (Fsp3) is 0.857. The van der Waals surface area contributed by atoms with Gasteiger partial charge in [-0.05, 0) is 31.6 Å². The lowest BCUT2D eigenvalue weighted by atomic mass is 9.57. The predicted molar refractivity (Wildman–Crippen MR) is 69.6 cm³/mol. The predicted octanol–water partition coefficient (Wildman–Crippen LogP) is 1.85. The molecule has 0 heterocycles. The van der Waals surface area contributed by atoms with Gasteiger partial charge in [-0.15, -0.1) is 0 Å². The molecule has 0 spiro atoms. The first-order chi connectivity index (χ1) is 8.98. The normalized spacial score (nSPS) is 36.9. The Kier molecular flexibility index (Phi) is 4.13. The van der Waals surface area contributed by atoms with Crippen LogP contribution in [0.5, 0.6) is 0 Å². The second-order valence-corrected chi connectivity index (χ2v) is 6.05. The molecule has 2 atom stereocenters. The molecular formula is C14H23NO4. The number of carboxylic acid groups (broad SMARTS) is 2. The molecule has 5 nitrogen and oxygen atoms in total. The van der Waals surface area contributed by atoms with Crippen LogP contribution in [0.4, 0.5) is 0 Å². The molecule has 0 amide bonds. The van der Waals surface area contributed by atoms with E-state index in [4.69, 9.17) is 5.73 Å². The van der Waals surface area contributed by atoms with E-state index in [1.165, 1.54) is 0 Å². The molecule has 2 rings (SSSR count). The minimum Gasteiger partial charge on any atom is -0.481 e. The van der Waals surface area contributed by atoms with Gasteiger partial charge in [0.1, 0.15) is 0 Å². The minimum absolute atomic E-state index is 0.0312. The maximum Gasteiger partial charge on any atom is 0.308 e. The topological polar surface area (TPSA) is 101 Å². The van der Waals surface area contributed by atoms with Crippen LogP contribution in [0.1, 0.15) is 51.4 Å². The lowest BCUT2D eigenvalue weighted by molar-refractivity contribution is -0.157. The Bertz CT molecular complexity index is 340. The number of hydrogen-bond donors (Lipinski definition) is 3. The third-order valence-corrected chi connectivity index (χ3v) is 5.10. The van der Waals surface area contributed by atoms with Gasteiger partial charge in [0.05, 0.1) is 11.8 Å². The van der Waals surface area contributed by atoms with Gasteiger partial charge in [0.25, 0.3) is 0 Å². The van der Waals surface area contributed by atoms with Gasteiger partial charge in [0.15, 0.2) is 0 Å². The molecular weight excluding hydrogens is 246 g/mol. The highest BCUT2D eigenvalue weighted by Gasteiger charge is 2.55. The summed E-state index contributed by atoms with van der Waals surface area (Å²) in [4.78, 5) is 23.0. The van der Waals surface area contributed by atoms with Crippen LogP contribution in [0, 0.1) is 17.8 Å². The molecule has 2 aliphatic rings. The van der Waals surface area contributed by atoms with Crippen molar-refractivity contribution >= 4 is 11.9 Å². The van der Waals surface area contributed by atoms with Gasteiger partial charge >= 0.3 is 11.9 Å². The summed E-state index contributed by atoms with van der Waals surface area (Å²) in [5.41, 5.74) is 5.39. The second kappa shape index (κ2) is 5.49. The summed E-state index contributed by atoms with van der Waals surface area (Å²) in [6, 6.07) is 0. The average molecular weight is 269 g/mol. The Morgan fingerprint density at radius 3 is 1.74 bits per heavy atom. The molecule has 108 valence electrons. The van der Waals surface area contributed by atoms with Crippen molar-refractivity contribution in [2.45, 2.75) is 56.9 Å². The minimum atomic E-state index is -1.07. The van der Waals surface area contributed by atoms with Gasteiger partial charge in [-0.2, -0.15) is 0 Å². The Morgan fingerprint density at radius 1 is 0.842 bits per heavy atom. The first kappa shape index (κ1) is 14.3. The molecule has 2 saturated carbocycles. The third kappa shape index (κ3) is 2.48. The molecule has 0 aliphatic heterocycles. The van der Waals surface area contributed by atoms with E-state index in [-0.39, 0.29) is 5.92 Å². The van der Waals surface area contributed by atoms with Crippen LogP contribution in [0.2, 0.25) is 0 Å². The zero-order chi connectivity index (χ0) is 14.0. The molecule has 2 aliphatic carbocycles. The summed E-state index contributed by atoms with van der Waals surface area (Å²) in [5, 5.41) is 18.9. The Labute approximate surface area is 113 Å². The summed E-state index contributed by atoms with van der Waals surface area (Å²) < 4.78 is 0. The molecule has 5 heteroatoms. The smallest absolute Gasteiger partial charge is 0.308 e. The van der Waals surface area contributed by atoms with Crippen LogP contribution in [-0.2, 0) is 9.59 Å². The maximum absolute atomic E-state index is 11.5. The third-order valence-electron chi connectivity index (χ3n) is 5.10. The SMILES string of the molecule is NC1(C2CCCCC2)C(C(=O)O)CCCC1C(=O)O. The van der Waals surface area contributed by atoms with Crippen molar-refractivity contribution in [3.05, 3.63) is 0 Å². The summed E-state index contributed by atoms with van der Waals surface area (Å²) in [7, 11) is 0. The first-order valence-electron chi connectivity index (χ1n) is 7.22. The van der Waals surface area contributed by atoms with Crippen LogP contribution in [0.15, 0.2) is 0 Å². The molecule has 0 aromatic rings. The molecule has 0 aromatic carbocycles. The van der Waals surface area contributed by atoms with Crippen molar-refractivity contribution in [1.82, 2.24) is 0 Å². The van der Waals surface area contributed by atoms with E-state index in [0.29, 0.717) is 19.3 Å². The van der Waals surface area contributed by atoms with E-state index in [1.807, 2.05) is 0 Å². The van der Waals surface area contributed by atoms with Crippen LogP contribution >= 0.6 is 0 Å². The van der Waals surface area contributed by atoms with E-state index in [9.17, 15) is 19.8 Å². The van der Waals surface area contributed by atoms with Crippen LogP contribution in [0.25, 0.3) is 0 Å². The maximum atomic E-state index is 11.5. The van der Waals surface area contributed by atoms with Crippen molar-refractivity contribution in [3.8, 4) is 0 Å². The number of nitrogens with two attached hydrogens (primary N) is 1. The number of carbonyl (C=O) groups is 2. The highest BCUT2D eigenvalue weighted by atomic mass is 16.4. The van der Waals surface area contributed by atoms with Gasteiger partial charge in [-0.25, -0.2) is 0 Å². The molecule has 0 radical (unpaired) electrons. The van der Waals surface area contributed by atoms with Crippen molar-refractivity contribution in [2.24, 2.45) is 23.5 Å². The van der Waals surface area contributed by atoms with E-state index in [2.05, 4.69) is 0 Å². The lowest BCUT2D eigenvalue weighted by Gasteiger charge is -2.49. The zero-order valence-corrected chi connectivity index (χ0v) is 11.2. The molecule has 0 saturated heterocycles. The standard InChI is InChI=1S/C14H23NO4/c15-14(9-5-2-1-3-6-9)10(12(16)17)7-4-8-11(14)13(18)19/h9-11H,1-8,15H2,(H,16,17)(H,18,19). The van der Waals surface area contributed by atoms with Crippen LogP contribution < -0.4 is 5.73 Å². The zero-order valence-electron chi connectivity index (χ0n) is 11.2. The largest absolute Gasteiger partial charge is 0.481 e. The van der Waals surface area contributed by atoms with Crippen molar-refractivity contribution in [1.29, 1.82) is 0 Å². The van der Waals surface area contributed by atoms with Gasteiger partial charge in [0.2, 0.25) is 0 Å². The number of carboxylic acids is 2. The van der Waals surface area contributed by atoms with Crippen LogP contribution in [-0.4, -0.2) is 27.7 Å². The van der Waals surface area contributed by atoms with E-state index in [0.717, 1.165) is 32.1 Å². The van der Waals surface area contributed by atoms with Gasteiger partial charge in [0, 0.05) is 5.54 Å². The summed E-state index contributed by atoms with van der Waals surface area (Å²) >= 11 is 0. The number of hydrogen-bond acceptors (Lipinski definition) is 3. The Balaban J connectivity index is 2.34. The van der Waals surface area contributed by atoms with Crippen molar-refractivity contribution in [2.75, 3.05) is 0 Å². The summed E-state index contributed by atoms with van der Waals surface area (Å²) in [6.07, 6.45) is 6.58.